The summed E-state index contributed by atoms with van der Waals surface area (Å²) in [5, 5.41) is 12.1. The van der Waals surface area contributed by atoms with Crippen LogP contribution in [0.1, 0.15) is 36.6 Å². The minimum absolute atomic E-state index is 0.127. The van der Waals surface area contributed by atoms with Crippen LogP contribution in [0.3, 0.4) is 0 Å². The van der Waals surface area contributed by atoms with Gasteiger partial charge in [0.25, 0.3) is 5.56 Å². The largest absolute Gasteiger partial charge is 0.396 e. The molecular formula is C25H28FN3O3. The standard InChI is InChI=1S/C25H28FN3O3/c1-3-4-6-18-9-11-21(12-10-18)28-23(31)16-29-24(19-7-5-8-20(26)15-19)27-17(2)22(13-14-30)25(29)32/h5,7-12,15,30H,3-4,6,13-14,16H2,1-2H3,(H,28,31). The number of hydrogen-bond donors (Lipinski definition) is 2. The number of anilines is 1. The summed E-state index contributed by atoms with van der Waals surface area (Å²) >= 11 is 0. The van der Waals surface area contributed by atoms with Gasteiger partial charge in [-0.3, -0.25) is 14.2 Å². The molecule has 2 aromatic carbocycles. The number of aliphatic hydroxyl groups is 1. The summed E-state index contributed by atoms with van der Waals surface area (Å²) in [6, 6.07) is 13.4. The second-order valence-corrected chi connectivity index (χ2v) is 7.72. The van der Waals surface area contributed by atoms with Crippen molar-refractivity contribution in [3.63, 3.8) is 0 Å². The van der Waals surface area contributed by atoms with Crippen LogP contribution in [0.25, 0.3) is 11.4 Å². The summed E-state index contributed by atoms with van der Waals surface area (Å²) in [7, 11) is 0. The van der Waals surface area contributed by atoms with Crippen molar-refractivity contribution in [1.29, 1.82) is 0 Å². The number of unbranched alkanes of at least 4 members (excludes halogenated alkanes) is 1. The van der Waals surface area contributed by atoms with E-state index in [1.54, 1.807) is 13.0 Å². The molecule has 0 spiro atoms. The first kappa shape index (κ1) is 23.3. The molecule has 1 aromatic heterocycles. The van der Waals surface area contributed by atoms with E-state index in [-0.39, 0.29) is 25.4 Å². The number of aryl methyl sites for hydroxylation is 2. The Morgan fingerprint density at radius 1 is 1.16 bits per heavy atom. The molecule has 0 atom stereocenters. The van der Waals surface area contributed by atoms with E-state index in [9.17, 15) is 19.1 Å². The highest BCUT2D eigenvalue weighted by atomic mass is 19.1. The van der Waals surface area contributed by atoms with Gasteiger partial charge in [0.1, 0.15) is 18.2 Å². The van der Waals surface area contributed by atoms with Gasteiger partial charge < -0.3 is 10.4 Å². The SMILES string of the molecule is CCCCc1ccc(NC(=O)Cn2c(-c3cccc(F)c3)nc(C)c(CCO)c2=O)cc1. The maximum absolute atomic E-state index is 13.8. The van der Waals surface area contributed by atoms with E-state index in [4.69, 9.17) is 0 Å². The number of rotatable bonds is 9. The highest BCUT2D eigenvalue weighted by molar-refractivity contribution is 5.90. The van der Waals surface area contributed by atoms with Gasteiger partial charge in [0, 0.05) is 35.5 Å². The first-order chi connectivity index (χ1) is 15.4. The van der Waals surface area contributed by atoms with E-state index in [0.29, 0.717) is 22.5 Å². The van der Waals surface area contributed by atoms with Crippen molar-refractivity contribution in [2.75, 3.05) is 11.9 Å². The van der Waals surface area contributed by atoms with Crippen LogP contribution >= 0.6 is 0 Å². The van der Waals surface area contributed by atoms with E-state index < -0.39 is 17.3 Å². The summed E-state index contributed by atoms with van der Waals surface area (Å²) in [6.07, 6.45) is 3.33. The quantitative estimate of drug-likeness (QED) is 0.532. The molecule has 3 aromatic rings. The summed E-state index contributed by atoms with van der Waals surface area (Å²) in [6.45, 7) is 3.31. The molecule has 0 radical (unpaired) electrons. The van der Waals surface area contributed by atoms with Crippen LogP contribution in [0.5, 0.6) is 0 Å². The Labute approximate surface area is 186 Å². The smallest absolute Gasteiger partial charge is 0.257 e. The van der Waals surface area contributed by atoms with Gasteiger partial charge >= 0.3 is 0 Å². The summed E-state index contributed by atoms with van der Waals surface area (Å²) in [4.78, 5) is 30.4. The molecular weight excluding hydrogens is 409 g/mol. The van der Waals surface area contributed by atoms with Crippen molar-refractivity contribution in [3.05, 3.63) is 81.5 Å². The Morgan fingerprint density at radius 2 is 1.91 bits per heavy atom. The fourth-order valence-corrected chi connectivity index (χ4v) is 3.57. The highest BCUT2D eigenvalue weighted by Crippen LogP contribution is 2.19. The number of halogens is 1. The molecule has 0 fully saturated rings. The first-order valence-electron chi connectivity index (χ1n) is 10.8. The first-order valence-corrected chi connectivity index (χ1v) is 10.8. The second-order valence-electron chi connectivity index (χ2n) is 7.72. The maximum Gasteiger partial charge on any atom is 0.257 e. The fraction of sp³-hybridized carbons (Fsp3) is 0.320. The van der Waals surface area contributed by atoms with E-state index in [0.717, 1.165) is 19.3 Å². The van der Waals surface area contributed by atoms with Crippen LogP contribution in [-0.2, 0) is 24.2 Å². The molecule has 0 aliphatic rings. The number of carbonyl (C=O) groups is 1. The van der Waals surface area contributed by atoms with Gasteiger partial charge in [0.05, 0.1) is 0 Å². The monoisotopic (exact) mass is 437 g/mol. The molecule has 0 saturated carbocycles. The molecule has 0 unspecified atom stereocenters. The lowest BCUT2D eigenvalue weighted by atomic mass is 10.1. The molecule has 0 bridgehead atoms. The zero-order chi connectivity index (χ0) is 23.1. The number of amides is 1. The molecule has 0 saturated heterocycles. The van der Waals surface area contributed by atoms with Crippen molar-refractivity contribution < 1.29 is 14.3 Å². The molecule has 32 heavy (non-hydrogen) atoms. The van der Waals surface area contributed by atoms with Crippen molar-refractivity contribution in [2.45, 2.75) is 46.1 Å². The molecule has 1 amide bonds. The van der Waals surface area contributed by atoms with E-state index in [1.165, 1.54) is 28.3 Å². The van der Waals surface area contributed by atoms with Gasteiger partial charge in [-0.1, -0.05) is 37.6 Å². The van der Waals surface area contributed by atoms with Gasteiger partial charge in [-0.2, -0.15) is 0 Å². The van der Waals surface area contributed by atoms with Gasteiger partial charge in [-0.05, 0) is 49.6 Å². The van der Waals surface area contributed by atoms with Crippen LogP contribution in [0.15, 0.2) is 53.3 Å². The zero-order valence-electron chi connectivity index (χ0n) is 18.4. The lowest BCUT2D eigenvalue weighted by molar-refractivity contribution is -0.116. The number of hydrogen-bond acceptors (Lipinski definition) is 4. The predicted octanol–water partition coefficient (Wildman–Crippen LogP) is 3.87. The molecule has 0 aliphatic carbocycles. The van der Waals surface area contributed by atoms with Gasteiger partial charge in [-0.15, -0.1) is 0 Å². The van der Waals surface area contributed by atoms with Crippen LogP contribution in [0, 0.1) is 12.7 Å². The number of aromatic nitrogens is 2. The molecule has 6 nitrogen and oxygen atoms in total. The number of aliphatic hydroxyl groups excluding tert-OH is 1. The van der Waals surface area contributed by atoms with Gasteiger partial charge in [0.15, 0.2) is 0 Å². The third-order valence-corrected chi connectivity index (χ3v) is 5.27. The Morgan fingerprint density at radius 3 is 2.56 bits per heavy atom. The maximum atomic E-state index is 13.8. The molecule has 1 heterocycles. The lowest BCUT2D eigenvalue weighted by Crippen LogP contribution is -2.33. The topological polar surface area (TPSA) is 84.2 Å². The van der Waals surface area contributed by atoms with Crippen molar-refractivity contribution in [1.82, 2.24) is 9.55 Å². The molecule has 7 heteroatoms. The van der Waals surface area contributed by atoms with Crippen LogP contribution < -0.4 is 10.9 Å². The lowest BCUT2D eigenvalue weighted by Gasteiger charge is -2.16. The third-order valence-electron chi connectivity index (χ3n) is 5.27. The molecule has 2 N–H and O–H groups in total. The van der Waals surface area contributed by atoms with E-state index in [2.05, 4.69) is 17.2 Å². The van der Waals surface area contributed by atoms with Crippen molar-refractivity contribution in [2.24, 2.45) is 0 Å². The fourth-order valence-electron chi connectivity index (χ4n) is 3.57. The Hall–Kier alpha value is -3.32. The number of nitrogens with one attached hydrogen (secondary N) is 1. The van der Waals surface area contributed by atoms with Crippen LogP contribution in [0.2, 0.25) is 0 Å². The predicted molar refractivity (Wildman–Crippen MR) is 123 cm³/mol. The van der Waals surface area contributed by atoms with Crippen molar-refractivity contribution >= 4 is 11.6 Å². The Balaban J connectivity index is 1.90. The minimum atomic E-state index is -0.465. The van der Waals surface area contributed by atoms with Crippen molar-refractivity contribution in [3.8, 4) is 11.4 Å². The Kier molecular flexibility index (Phi) is 7.89. The summed E-state index contributed by atoms with van der Waals surface area (Å²) in [5.74, 6) is -0.654. The molecule has 3 rings (SSSR count). The zero-order valence-corrected chi connectivity index (χ0v) is 18.4. The van der Waals surface area contributed by atoms with Gasteiger partial charge in [0.2, 0.25) is 5.91 Å². The van der Waals surface area contributed by atoms with Crippen LogP contribution in [0.4, 0.5) is 10.1 Å². The van der Waals surface area contributed by atoms with Gasteiger partial charge in [-0.25, -0.2) is 9.37 Å². The molecule has 0 aliphatic heterocycles. The summed E-state index contributed by atoms with van der Waals surface area (Å²) in [5.41, 5.74) is 2.59. The average Bonchev–Trinajstić information content (AvgIpc) is 2.78. The normalized spacial score (nSPS) is 10.9. The van der Waals surface area contributed by atoms with E-state index in [1.807, 2.05) is 24.3 Å². The number of benzene rings is 2. The third kappa shape index (κ3) is 5.68. The highest BCUT2D eigenvalue weighted by Gasteiger charge is 2.18. The minimum Gasteiger partial charge on any atom is -0.396 e. The molecule has 168 valence electrons. The summed E-state index contributed by atoms with van der Waals surface area (Å²) < 4.78 is 15.1. The number of nitrogens with zero attached hydrogens (tertiary/aromatic N) is 2. The average molecular weight is 438 g/mol. The Bertz CT molecular complexity index is 1140. The number of carbonyl (C=O) groups excluding carboxylic acids is 1. The van der Waals surface area contributed by atoms with Crippen LogP contribution in [-0.4, -0.2) is 27.2 Å². The van der Waals surface area contributed by atoms with E-state index >= 15 is 0 Å². The second kappa shape index (κ2) is 10.8.